The van der Waals surface area contributed by atoms with Crippen LogP contribution in [0, 0.1) is 0 Å². The zero-order valence-electron chi connectivity index (χ0n) is 12.8. The molecule has 0 bridgehead atoms. The topological polar surface area (TPSA) is 64.1 Å². The summed E-state index contributed by atoms with van der Waals surface area (Å²) in [5, 5.41) is 12.7. The Morgan fingerprint density at radius 1 is 1.21 bits per heavy atom. The van der Waals surface area contributed by atoms with Crippen molar-refractivity contribution in [1.82, 2.24) is 10.2 Å². The third kappa shape index (κ3) is 4.10. The van der Waals surface area contributed by atoms with Crippen LogP contribution in [0.15, 0.2) is 48.5 Å². The van der Waals surface area contributed by atoms with Gasteiger partial charge in [0, 0.05) is 10.6 Å². The Morgan fingerprint density at radius 3 is 2.71 bits per heavy atom. The number of carbonyl (C=O) groups excluding carboxylic acids is 1. The minimum atomic E-state index is -0.158. The third-order valence-corrected chi connectivity index (χ3v) is 4.38. The summed E-state index contributed by atoms with van der Waals surface area (Å²) in [4.78, 5) is 12.1. The van der Waals surface area contributed by atoms with E-state index in [0.29, 0.717) is 10.2 Å². The lowest BCUT2D eigenvalue weighted by Crippen LogP contribution is -2.14. The zero-order chi connectivity index (χ0) is 16.9. The Bertz CT molecular complexity index is 849. The van der Waals surface area contributed by atoms with Gasteiger partial charge in [-0.15, -0.1) is 10.2 Å². The van der Waals surface area contributed by atoms with Crippen molar-refractivity contribution in [3.05, 3.63) is 59.1 Å². The van der Waals surface area contributed by atoms with Crippen LogP contribution in [-0.4, -0.2) is 23.2 Å². The van der Waals surface area contributed by atoms with Crippen LogP contribution in [0.3, 0.4) is 0 Å². The molecule has 3 rings (SSSR count). The molecule has 1 amide bonds. The molecule has 5 nitrogen and oxygen atoms in total. The Kier molecular flexibility index (Phi) is 5.08. The van der Waals surface area contributed by atoms with Gasteiger partial charge in [0.2, 0.25) is 11.0 Å². The van der Waals surface area contributed by atoms with E-state index in [9.17, 15) is 4.79 Å². The largest absolute Gasteiger partial charge is 0.497 e. The van der Waals surface area contributed by atoms with Crippen molar-refractivity contribution >= 4 is 34.0 Å². The molecule has 0 radical (unpaired) electrons. The first-order chi connectivity index (χ1) is 11.6. The minimum absolute atomic E-state index is 0.158. The van der Waals surface area contributed by atoms with Gasteiger partial charge in [-0.05, 0) is 42.0 Å². The lowest BCUT2D eigenvalue weighted by molar-refractivity contribution is -0.115. The predicted molar refractivity (Wildman–Crippen MR) is 95.7 cm³/mol. The van der Waals surface area contributed by atoms with Crippen molar-refractivity contribution in [1.29, 1.82) is 0 Å². The molecule has 7 heteroatoms. The van der Waals surface area contributed by atoms with E-state index in [-0.39, 0.29) is 12.3 Å². The summed E-state index contributed by atoms with van der Waals surface area (Å²) in [5.74, 6) is 0.619. The number of amides is 1. The van der Waals surface area contributed by atoms with Crippen LogP contribution >= 0.6 is 22.9 Å². The maximum atomic E-state index is 12.1. The van der Waals surface area contributed by atoms with E-state index in [1.807, 2.05) is 36.4 Å². The molecule has 0 fully saturated rings. The Morgan fingerprint density at radius 2 is 2.00 bits per heavy atom. The van der Waals surface area contributed by atoms with Crippen LogP contribution in [0.1, 0.15) is 5.56 Å². The lowest BCUT2D eigenvalue weighted by atomic mass is 10.1. The standard InChI is InChI=1S/C17H14ClN3O2S/c1-23-14-7-5-12(6-8-14)16-20-21-17(24-16)19-15(22)10-11-3-2-4-13(18)9-11/h2-9H,10H2,1H3,(H,19,21,22). The third-order valence-electron chi connectivity index (χ3n) is 3.26. The van der Waals surface area contributed by atoms with E-state index >= 15 is 0 Å². The van der Waals surface area contributed by atoms with E-state index in [4.69, 9.17) is 16.3 Å². The van der Waals surface area contributed by atoms with Gasteiger partial charge in [-0.3, -0.25) is 4.79 Å². The van der Waals surface area contributed by atoms with Gasteiger partial charge < -0.3 is 10.1 Å². The molecule has 0 aliphatic rings. The van der Waals surface area contributed by atoms with Crippen LogP contribution in [0.4, 0.5) is 5.13 Å². The summed E-state index contributed by atoms with van der Waals surface area (Å²) in [6.07, 6.45) is 0.234. The van der Waals surface area contributed by atoms with Crippen LogP contribution in [0.5, 0.6) is 5.75 Å². The number of nitrogens with zero attached hydrogens (tertiary/aromatic N) is 2. The van der Waals surface area contributed by atoms with E-state index in [1.165, 1.54) is 11.3 Å². The molecule has 1 aromatic heterocycles. The van der Waals surface area contributed by atoms with Crippen molar-refractivity contribution in [2.24, 2.45) is 0 Å². The number of carbonyl (C=O) groups is 1. The number of aromatic nitrogens is 2. The molecule has 0 spiro atoms. The quantitative estimate of drug-likeness (QED) is 0.746. The number of benzene rings is 2. The highest BCUT2D eigenvalue weighted by Gasteiger charge is 2.10. The fraction of sp³-hybridized carbons (Fsp3) is 0.118. The van der Waals surface area contributed by atoms with Gasteiger partial charge in [0.05, 0.1) is 13.5 Å². The second-order valence-corrected chi connectivity index (χ2v) is 6.41. The van der Waals surface area contributed by atoms with Gasteiger partial charge in [-0.2, -0.15) is 0 Å². The molecular formula is C17H14ClN3O2S. The fourth-order valence-electron chi connectivity index (χ4n) is 2.12. The van der Waals surface area contributed by atoms with E-state index in [1.54, 1.807) is 19.2 Å². The van der Waals surface area contributed by atoms with Crippen molar-refractivity contribution in [3.63, 3.8) is 0 Å². The summed E-state index contributed by atoms with van der Waals surface area (Å²) in [6, 6.07) is 14.7. The SMILES string of the molecule is COc1ccc(-c2nnc(NC(=O)Cc3cccc(Cl)c3)s2)cc1. The summed E-state index contributed by atoms with van der Waals surface area (Å²) < 4.78 is 5.13. The summed E-state index contributed by atoms with van der Waals surface area (Å²) in [5.41, 5.74) is 1.77. The van der Waals surface area contributed by atoms with Gasteiger partial charge in [0.15, 0.2) is 0 Å². The molecule has 0 aliphatic carbocycles. The first kappa shape index (κ1) is 16.4. The number of methoxy groups -OCH3 is 1. The molecule has 1 heterocycles. The highest BCUT2D eigenvalue weighted by molar-refractivity contribution is 7.18. The molecule has 1 N–H and O–H groups in total. The van der Waals surface area contributed by atoms with Gasteiger partial charge in [-0.25, -0.2) is 0 Å². The monoisotopic (exact) mass is 359 g/mol. The van der Waals surface area contributed by atoms with E-state index in [2.05, 4.69) is 15.5 Å². The summed E-state index contributed by atoms with van der Waals surface area (Å²) in [6.45, 7) is 0. The molecule has 0 saturated heterocycles. The smallest absolute Gasteiger partial charge is 0.230 e. The predicted octanol–water partition coefficient (Wildman–Crippen LogP) is 4.05. The minimum Gasteiger partial charge on any atom is -0.497 e. The first-order valence-corrected chi connectivity index (χ1v) is 8.36. The average Bonchev–Trinajstić information content (AvgIpc) is 3.03. The van der Waals surface area contributed by atoms with Gasteiger partial charge in [0.1, 0.15) is 10.8 Å². The van der Waals surface area contributed by atoms with Gasteiger partial charge >= 0.3 is 0 Å². The van der Waals surface area contributed by atoms with Crippen LogP contribution < -0.4 is 10.1 Å². The number of halogens is 1. The Balaban J connectivity index is 1.65. The lowest BCUT2D eigenvalue weighted by Gasteiger charge is -2.02. The molecule has 3 aromatic rings. The Hall–Kier alpha value is -2.44. The maximum Gasteiger partial charge on any atom is 0.230 e. The summed E-state index contributed by atoms with van der Waals surface area (Å²) in [7, 11) is 1.62. The second-order valence-electron chi connectivity index (χ2n) is 5.00. The second kappa shape index (κ2) is 7.42. The first-order valence-electron chi connectivity index (χ1n) is 7.16. The number of nitrogens with one attached hydrogen (secondary N) is 1. The molecule has 2 aromatic carbocycles. The number of rotatable bonds is 5. The molecule has 0 saturated carbocycles. The molecule has 0 aliphatic heterocycles. The number of anilines is 1. The average molecular weight is 360 g/mol. The van der Waals surface area contributed by atoms with Crippen molar-refractivity contribution in [2.75, 3.05) is 12.4 Å². The number of hydrogen-bond donors (Lipinski definition) is 1. The van der Waals surface area contributed by atoms with E-state index < -0.39 is 0 Å². The van der Waals surface area contributed by atoms with Crippen LogP contribution in [0.2, 0.25) is 5.02 Å². The van der Waals surface area contributed by atoms with Crippen LogP contribution in [0.25, 0.3) is 10.6 Å². The van der Waals surface area contributed by atoms with Crippen molar-refractivity contribution in [2.45, 2.75) is 6.42 Å². The molecular weight excluding hydrogens is 346 g/mol. The molecule has 0 unspecified atom stereocenters. The molecule has 24 heavy (non-hydrogen) atoms. The van der Waals surface area contributed by atoms with Crippen LogP contribution in [-0.2, 0) is 11.2 Å². The van der Waals surface area contributed by atoms with E-state index in [0.717, 1.165) is 21.9 Å². The normalized spacial score (nSPS) is 10.4. The highest BCUT2D eigenvalue weighted by atomic mass is 35.5. The zero-order valence-corrected chi connectivity index (χ0v) is 14.4. The number of hydrogen-bond acceptors (Lipinski definition) is 5. The maximum absolute atomic E-state index is 12.1. The fourth-order valence-corrected chi connectivity index (χ4v) is 3.10. The van der Waals surface area contributed by atoms with Gasteiger partial charge in [-0.1, -0.05) is 35.1 Å². The highest BCUT2D eigenvalue weighted by Crippen LogP contribution is 2.27. The molecule has 0 atom stereocenters. The van der Waals surface area contributed by atoms with Crippen molar-refractivity contribution < 1.29 is 9.53 Å². The molecule has 122 valence electrons. The number of ether oxygens (including phenoxy) is 1. The Labute approximate surface area is 148 Å². The van der Waals surface area contributed by atoms with Crippen molar-refractivity contribution in [3.8, 4) is 16.3 Å². The van der Waals surface area contributed by atoms with Gasteiger partial charge in [0.25, 0.3) is 0 Å². The summed E-state index contributed by atoms with van der Waals surface area (Å²) >= 11 is 7.24.